The van der Waals surface area contributed by atoms with E-state index in [1.807, 2.05) is 7.05 Å². The summed E-state index contributed by atoms with van der Waals surface area (Å²) in [6.07, 6.45) is 4.61. The van der Waals surface area contributed by atoms with Gasteiger partial charge in [-0.25, -0.2) is 9.67 Å². The third-order valence-electron chi connectivity index (χ3n) is 2.59. The predicted molar refractivity (Wildman–Crippen MR) is 53.6 cm³/mol. The summed E-state index contributed by atoms with van der Waals surface area (Å²) in [5, 5.41) is 13.6. The second kappa shape index (κ2) is 3.62. The van der Waals surface area contributed by atoms with Crippen molar-refractivity contribution in [1.29, 1.82) is 5.26 Å². The fraction of sp³-hybridized carbons (Fsp3) is 0.667. The highest BCUT2D eigenvalue weighted by Gasteiger charge is 2.42. The molecule has 0 aliphatic heterocycles. The van der Waals surface area contributed by atoms with Gasteiger partial charge in [-0.2, -0.15) is 10.4 Å². The molecule has 0 unspecified atom stereocenters. The highest BCUT2D eigenvalue weighted by atomic mass is 32.2. The van der Waals surface area contributed by atoms with Gasteiger partial charge in [-0.15, -0.1) is 0 Å². The Morgan fingerprint density at radius 2 is 2.50 bits per heavy atom. The van der Waals surface area contributed by atoms with Crippen molar-refractivity contribution < 1.29 is 0 Å². The summed E-state index contributed by atoms with van der Waals surface area (Å²) in [5.74, 6) is 0.993. The minimum atomic E-state index is 0.283. The molecule has 0 saturated heterocycles. The molecule has 0 aromatic carbocycles. The van der Waals surface area contributed by atoms with Crippen molar-refractivity contribution in [1.82, 2.24) is 14.8 Å². The second-order valence-electron chi connectivity index (χ2n) is 3.79. The molecule has 1 fully saturated rings. The van der Waals surface area contributed by atoms with Crippen LogP contribution in [0.15, 0.2) is 11.5 Å². The van der Waals surface area contributed by atoms with Crippen LogP contribution in [-0.4, -0.2) is 20.5 Å². The molecular formula is C9H12N4S. The molecule has 0 atom stereocenters. The minimum absolute atomic E-state index is 0.283. The van der Waals surface area contributed by atoms with Crippen LogP contribution in [0.25, 0.3) is 0 Å². The summed E-state index contributed by atoms with van der Waals surface area (Å²) in [6, 6.07) is 2.26. The highest BCUT2D eigenvalue weighted by molar-refractivity contribution is 7.99. The second-order valence-corrected chi connectivity index (χ2v) is 4.73. The maximum Gasteiger partial charge on any atom is 0.185 e. The summed E-state index contributed by atoms with van der Waals surface area (Å²) < 4.78 is 1.77. The Balaban J connectivity index is 1.89. The van der Waals surface area contributed by atoms with Crippen LogP contribution in [0.4, 0.5) is 0 Å². The van der Waals surface area contributed by atoms with Crippen molar-refractivity contribution in [3.8, 4) is 6.07 Å². The number of rotatable bonds is 4. The molecule has 1 aliphatic carbocycles. The Bertz CT molecular complexity index is 361. The van der Waals surface area contributed by atoms with E-state index in [-0.39, 0.29) is 5.41 Å². The molecule has 0 spiro atoms. The molecule has 74 valence electrons. The Hall–Kier alpha value is -1.02. The van der Waals surface area contributed by atoms with Gasteiger partial charge in [-0.3, -0.25) is 0 Å². The van der Waals surface area contributed by atoms with Crippen LogP contribution in [0.5, 0.6) is 0 Å². The molecule has 4 nitrogen and oxygen atoms in total. The van der Waals surface area contributed by atoms with Crippen LogP contribution in [0.1, 0.15) is 19.3 Å². The normalized spacial score (nSPS) is 17.7. The largest absolute Gasteiger partial charge is 0.244 e. The Morgan fingerprint density at radius 1 is 1.71 bits per heavy atom. The standard InChI is InChI=1S/C9H12N4S/c1-13-8(11-7-12-13)14-6-9(2-3-9)4-5-10/h7H,2-4,6H2,1H3. The summed E-state index contributed by atoms with van der Waals surface area (Å²) in [5.41, 5.74) is 0.283. The number of nitrogens with zero attached hydrogens (tertiary/aromatic N) is 4. The first-order valence-electron chi connectivity index (χ1n) is 4.59. The van der Waals surface area contributed by atoms with Gasteiger partial charge in [-0.05, 0) is 18.3 Å². The summed E-state index contributed by atoms with van der Waals surface area (Å²) in [7, 11) is 1.89. The van der Waals surface area contributed by atoms with Crippen LogP contribution in [0.2, 0.25) is 0 Å². The van der Waals surface area contributed by atoms with E-state index in [9.17, 15) is 0 Å². The van der Waals surface area contributed by atoms with Gasteiger partial charge in [0.05, 0.1) is 6.07 Å². The van der Waals surface area contributed by atoms with Crippen molar-refractivity contribution in [2.45, 2.75) is 24.4 Å². The number of thioether (sulfide) groups is 1. The van der Waals surface area contributed by atoms with Crippen LogP contribution < -0.4 is 0 Å². The van der Waals surface area contributed by atoms with Gasteiger partial charge in [0, 0.05) is 19.2 Å². The van der Waals surface area contributed by atoms with Crippen molar-refractivity contribution >= 4 is 11.8 Å². The first kappa shape index (κ1) is 9.53. The molecule has 14 heavy (non-hydrogen) atoms. The Kier molecular flexibility index (Phi) is 2.46. The van der Waals surface area contributed by atoms with Crippen LogP contribution in [0.3, 0.4) is 0 Å². The molecule has 0 N–H and O–H groups in total. The first-order valence-corrected chi connectivity index (χ1v) is 5.58. The van der Waals surface area contributed by atoms with Gasteiger partial charge in [0.15, 0.2) is 5.16 Å². The lowest BCUT2D eigenvalue weighted by Gasteiger charge is -2.08. The molecule has 5 heteroatoms. The molecule has 2 rings (SSSR count). The lowest BCUT2D eigenvalue weighted by molar-refractivity contribution is 0.600. The fourth-order valence-electron chi connectivity index (χ4n) is 1.35. The third kappa shape index (κ3) is 1.90. The summed E-state index contributed by atoms with van der Waals surface area (Å²) in [6.45, 7) is 0. The number of hydrogen-bond donors (Lipinski definition) is 0. The van der Waals surface area contributed by atoms with Crippen molar-refractivity contribution in [2.24, 2.45) is 12.5 Å². The molecule has 0 radical (unpaired) electrons. The highest BCUT2D eigenvalue weighted by Crippen LogP contribution is 2.51. The fourth-order valence-corrected chi connectivity index (χ4v) is 2.53. The molecule has 1 aliphatic rings. The topological polar surface area (TPSA) is 54.5 Å². The first-order chi connectivity index (χ1) is 6.76. The predicted octanol–water partition coefficient (Wildman–Crippen LogP) is 1.60. The van der Waals surface area contributed by atoms with Gasteiger partial charge in [-0.1, -0.05) is 11.8 Å². The van der Waals surface area contributed by atoms with Gasteiger partial charge in [0.25, 0.3) is 0 Å². The molecule has 0 bridgehead atoms. The van der Waals surface area contributed by atoms with Crippen molar-refractivity contribution in [3.05, 3.63) is 6.33 Å². The van der Waals surface area contributed by atoms with E-state index in [0.717, 1.165) is 10.9 Å². The van der Waals surface area contributed by atoms with Gasteiger partial charge >= 0.3 is 0 Å². The van der Waals surface area contributed by atoms with E-state index in [2.05, 4.69) is 16.2 Å². The minimum Gasteiger partial charge on any atom is -0.244 e. The van der Waals surface area contributed by atoms with E-state index in [1.165, 1.54) is 12.8 Å². The third-order valence-corrected chi connectivity index (χ3v) is 3.97. The molecular weight excluding hydrogens is 196 g/mol. The Morgan fingerprint density at radius 3 is 3.00 bits per heavy atom. The zero-order valence-corrected chi connectivity index (χ0v) is 8.92. The lowest BCUT2D eigenvalue weighted by atomic mass is 10.1. The van der Waals surface area contributed by atoms with Crippen molar-refractivity contribution in [3.63, 3.8) is 0 Å². The van der Waals surface area contributed by atoms with Gasteiger partial charge < -0.3 is 0 Å². The summed E-state index contributed by atoms with van der Waals surface area (Å²) in [4.78, 5) is 4.14. The van der Waals surface area contributed by atoms with E-state index in [0.29, 0.717) is 6.42 Å². The monoisotopic (exact) mass is 208 g/mol. The van der Waals surface area contributed by atoms with Crippen molar-refractivity contribution in [2.75, 3.05) is 5.75 Å². The Labute approximate surface area is 87.3 Å². The molecule has 1 heterocycles. The molecule has 1 aromatic rings. The zero-order valence-electron chi connectivity index (χ0n) is 8.10. The van der Waals surface area contributed by atoms with E-state index < -0.39 is 0 Å². The number of nitriles is 1. The number of aryl methyl sites for hydroxylation is 1. The number of hydrogen-bond acceptors (Lipinski definition) is 4. The quantitative estimate of drug-likeness (QED) is 0.705. The van der Waals surface area contributed by atoms with E-state index in [4.69, 9.17) is 5.26 Å². The van der Waals surface area contributed by atoms with E-state index >= 15 is 0 Å². The van der Waals surface area contributed by atoms with Gasteiger partial charge in [0.2, 0.25) is 0 Å². The van der Waals surface area contributed by atoms with Gasteiger partial charge in [0.1, 0.15) is 6.33 Å². The SMILES string of the molecule is Cn1ncnc1SCC1(CC#N)CC1. The van der Waals surface area contributed by atoms with Crippen LogP contribution in [0, 0.1) is 16.7 Å². The smallest absolute Gasteiger partial charge is 0.185 e. The average Bonchev–Trinajstić information content (AvgIpc) is 2.81. The lowest BCUT2D eigenvalue weighted by Crippen LogP contribution is -2.04. The zero-order chi connectivity index (χ0) is 10.0. The van der Waals surface area contributed by atoms with Crippen LogP contribution >= 0.6 is 11.8 Å². The molecule has 1 aromatic heterocycles. The molecule has 1 saturated carbocycles. The number of aromatic nitrogens is 3. The maximum atomic E-state index is 8.66. The van der Waals surface area contributed by atoms with Crippen LogP contribution in [-0.2, 0) is 7.05 Å². The maximum absolute atomic E-state index is 8.66. The average molecular weight is 208 g/mol. The summed E-state index contributed by atoms with van der Waals surface area (Å²) >= 11 is 1.70. The van der Waals surface area contributed by atoms with E-state index in [1.54, 1.807) is 22.8 Å². The molecule has 0 amide bonds.